The number of carbonyl (C=O) groups excluding carboxylic acids is 1. The number of amides is 1. The van der Waals surface area contributed by atoms with Crippen LogP contribution in [0.4, 0.5) is 17.1 Å². The van der Waals surface area contributed by atoms with Crippen LogP contribution in [0.5, 0.6) is 0 Å². The average Bonchev–Trinajstić information content (AvgIpc) is 2.40. The SMILES string of the molecule is CC(=O)N(c1ccccc1)c1ccc(N(C)C)cc1. The van der Waals surface area contributed by atoms with E-state index in [4.69, 9.17) is 0 Å². The van der Waals surface area contributed by atoms with Gasteiger partial charge in [-0.3, -0.25) is 9.69 Å². The molecule has 0 aliphatic carbocycles. The smallest absolute Gasteiger partial charge is 0.228 e. The molecule has 2 rings (SSSR count). The molecule has 0 N–H and O–H groups in total. The molecule has 3 heteroatoms. The van der Waals surface area contributed by atoms with Crippen LogP contribution < -0.4 is 9.80 Å². The van der Waals surface area contributed by atoms with Gasteiger partial charge in [-0.05, 0) is 36.4 Å². The van der Waals surface area contributed by atoms with Crippen molar-refractivity contribution >= 4 is 23.0 Å². The molecule has 19 heavy (non-hydrogen) atoms. The lowest BCUT2D eigenvalue weighted by molar-refractivity contribution is -0.115. The molecule has 3 nitrogen and oxygen atoms in total. The molecule has 0 aliphatic heterocycles. The number of nitrogens with zero attached hydrogens (tertiary/aromatic N) is 2. The van der Waals surface area contributed by atoms with Crippen molar-refractivity contribution in [3.8, 4) is 0 Å². The number of para-hydroxylation sites is 1. The van der Waals surface area contributed by atoms with Crippen LogP contribution in [0, 0.1) is 0 Å². The van der Waals surface area contributed by atoms with Crippen molar-refractivity contribution in [2.24, 2.45) is 0 Å². The van der Waals surface area contributed by atoms with Gasteiger partial charge >= 0.3 is 0 Å². The van der Waals surface area contributed by atoms with Crippen molar-refractivity contribution in [2.45, 2.75) is 6.92 Å². The number of hydrogen-bond acceptors (Lipinski definition) is 2. The second kappa shape index (κ2) is 5.57. The van der Waals surface area contributed by atoms with Crippen molar-refractivity contribution in [1.29, 1.82) is 0 Å². The molecule has 0 aliphatic rings. The van der Waals surface area contributed by atoms with E-state index in [1.165, 1.54) is 0 Å². The first kappa shape index (κ1) is 13.1. The lowest BCUT2D eigenvalue weighted by Gasteiger charge is -2.22. The molecular formula is C16H18N2O. The van der Waals surface area contributed by atoms with Crippen LogP contribution in [-0.4, -0.2) is 20.0 Å². The molecule has 0 unspecified atom stereocenters. The van der Waals surface area contributed by atoms with Gasteiger partial charge in [-0.1, -0.05) is 18.2 Å². The number of rotatable bonds is 3. The van der Waals surface area contributed by atoms with Crippen LogP contribution in [0.3, 0.4) is 0 Å². The second-order valence-corrected chi connectivity index (χ2v) is 4.60. The van der Waals surface area contributed by atoms with Crippen molar-refractivity contribution in [3.63, 3.8) is 0 Å². The highest BCUT2D eigenvalue weighted by Gasteiger charge is 2.13. The predicted octanol–water partition coefficient (Wildman–Crippen LogP) is 3.44. The zero-order chi connectivity index (χ0) is 13.8. The first-order valence-corrected chi connectivity index (χ1v) is 6.23. The third-order valence-corrected chi connectivity index (χ3v) is 2.95. The summed E-state index contributed by atoms with van der Waals surface area (Å²) < 4.78 is 0. The molecule has 0 aromatic heterocycles. The third kappa shape index (κ3) is 2.94. The molecule has 98 valence electrons. The maximum atomic E-state index is 11.9. The summed E-state index contributed by atoms with van der Waals surface area (Å²) in [7, 11) is 3.99. The Kier molecular flexibility index (Phi) is 3.85. The Hall–Kier alpha value is -2.29. The van der Waals surface area contributed by atoms with E-state index < -0.39 is 0 Å². The highest BCUT2D eigenvalue weighted by Crippen LogP contribution is 2.27. The number of carbonyl (C=O) groups is 1. The Balaban J connectivity index is 2.38. The Morgan fingerprint density at radius 1 is 0.789 bits per heavy atom. The molecule has 1 amide bonds. The summed E-state index contributed by atoms with van der Waals surface area (Å²) in [4.78, 5) is 15.6. The maximum absolute atomic E-state index is 11.9. The average molecular weight is 254 g/mol. The normalized spacial score (nSPS) is 10.1. The van der Waals surface area contributed by atoms with Crippen LogP contribution in [0.1, 0.15) is 6.92 Å². The van der Waals surface area contributed by atoms with E-state index in [0.717, 1.165) is 17.1 Å². The molecule has 0 saturated heterocycles. The van der Waals surface area contributed by atoms with E-state index in [1.807, 2.05) is 73.6 Å². The van der Waals surface area contributed by atoms with Gasteiger partial charge in [0.1, 0.15) is 0 Å². The molecule has 2 aromatic rings. The third-order valence-electron chi connectivity index (χ3n) is 2.95. The van der Waals surface area contributed by atoms with E-state index >= 15 is 0 Å². The van der Waals surface area contributed by atoms with E-state index in [1.54, 1.807) is 11.8 Å². The summed E-state index contributed by atoms with van der Waals surface area (Å²) in [5.74, 6) is 0.00352. The number of hydrogen-bond donors (Lipinski definition) is 0. The lowest BCUT2D eigenvalue weighted by Crippen LogP contribution is -2.22. The minimum Gasteiger partial charge on any atom is -0.378 e. The van der Waals surface area contributed by atoms with Gasteiger partial charge in [-0.25, -0.2) is 0 Å². The summed E-state index contributed by atoms with van der Waals surface area (Å²) in [6.45, 7) is 1.58. The molecule has 0 bridgehead atoms. The first-order chi connectivity index (χ1) is 9.09. The molecule has 0 fully saturated rings. The summed E-state index contributed by atoms with van der Waals surface area (Å²) >= 11 is 0. The quantitative estimate of drug-likeness (QED) is 0.837. The van der Waals surface area contributed by atoms with Gasteiger partial charge in [0.15, 0.2) is 0 Å². The molecule has 0 atom stereocenters. The minimum atomic E-state index is 0.00352. The van der Waals surface area contributed by atoms with Gasteiger partial charge in [0.25, 0.3) is 0 Å². The number of anilines is 3. The van der Waals surface area contributed by atoms with E-state index in [2.05, 4.69) is 0 Å². The van der Waals surface area contributed by atoms with Gasteiger partial charge in [-0.2, -0.15) is 0 Å². The summed E-state index contributed by atoms with van der Waals surface area (Å²) in [5, 5.41) is 0. The molecular weight excluding hydrogens is 236 g/mol. The zero-order valence-corrected chi connectivity index (χ0v) is 11.5. The van der Waals surface area contributed by atoms with Crippen molar-refractivity contribution in [1.82, 2.24) is 0 Å². The van der Waals surface area contributed by atoms with Crippen LogP contribution in [0.25, 0.3) is 0 Å². The van der Waals surface area contributed by atoms with Gasteiger partial charge in [0.05, 0.1) is 0 Å². The lowest BCUT2D eigenvalue weighted by atomic mass is 10.2. The Labute approximate surface area is 114 Å². The van der Waals surface area contributed by atoms with Crippen LogP contribution >= 0.6 is 0 Å². The molecule has 0 heterocycles. The minimum absolute atomic E-state index is 0.00352. The Bertz CT molecular complexity index is 547. The fraction of sp³-hybridized carbons (Fsp3) is 0.188. The van der Waals surface area contributed by atoms with Gasteiger partial charge in [0.2, 0.25) is 5.91 Å². The molecule has 0 radical (unpaired) electrons. The largest absolute Gasteiger partial charge is 0.378 e. The highest BCUT2D eigenvalue weighted by atomic mass is 16.2. The number of benzene rings is 2. The van der Waals surface area contributed by atoms with Crippen LogP contribution in [0.15, 0.2) is 54.6 Å². The van der Waals surface area contributed by atoms with Gasteiger partial charge in [-0.15, -0.1) is 0 Å². The van der Waals surface area contributed by atoms with Crippen LogP contribution in [0.2, 0.25) is 0 Å². The first-order valence-electron chi connectivity index (χ1n) is 6.23. The van der Waals surface area contributed by atoms with Crippen molar-refractivity contribution < 1.29 is 4.79 Å². The molecule has 0 saturated carbocycles. The van der Waals surface area contributed by atoms with Crippen molar-refractivity contribution in [2.75, 3.05) is 23.9 Å². The van der Waals surface area contributed by atoms with E-state index in [9.17, 15) is 4.79 Å². The maximum Gasteiger partial charge on any atom is 0.228 e. The molecule has 0 spiro atoms. The summed E-state index contributed by atoms with van der Waals surface area (Å²) in [6.07, 6.45) is 0. The fourth-order valence-corrected chi connectivity index (χ4v) is 1.99. The predicted molar refractivity (Wildman–Crippen MR) is 80.0 cm³/mol. The standard InChI is InChI=1S/C16H18N2O/c1-13(19)18(15-7-5-4-6-8-15)16-11-9-14(10-12-16)17(2)3/h4-12H,1-3H3. The van der Waals surface area contributed by atoms with E-state index in [0.29, 0.717) is 0 Å². The summed E-state index contributed by atoms with van der Waals surface area (Å²) in [5.41, 5.74) is 2.87. The zero-order valence-electron chi connectivity index (χ0n) is 11.5. The Morgan fingerprint density at radius 2 is 1.26 bits per heavy atom. The van der Waals surface area contributed by atoms with Gasteiger partial charge < -0.3 is 4.90 Å². The second-order valence-electron chi connectivity index (χ2n) is 4.60. The van der Waals surface area contributed by atoms with Crippen molar-refractivity contribution in [3.05, 3.63) is 54.6 Å². The van der Waals surface area contributed by atoms with E-state index in [-0.39, 0.29) is 5.91 Å². The van der Waals surface area contributed by atoms with Crippen LogP contribution in [-0.2, 0) is 4.79 Å². The fourth-order valence-electron chi connectivity index (χ4n) is 1.99. The topological polar surface area (TPSA) is 23.6 Å². The molecule has 2 aromatic carbocycles. The Morgan fingerprint density at radius 3 is 1.74 bits per heavy atom. The summed E-state index contributed by atoms with van der Waals surface area (Å²) in [6, 6.07) is 17.6. The monoisotopic (exact) mass is 254 g/mol. The van der Waals surface area contributed by atoms with Gasteiger partial charge in [0, 0.05) is 38.1 Å². The highest BCUT2D eigenvalue weighted by molar-refractivity contribution is 5.99.